The molecule has 88 valence electrons. The molecule has 1 heterocycles. The molecule has 4 heteroatoms. The standard InChI is InChI=1S/C12H17ClN2O/c1-15(11-6-14-7-12(11)16)8-9-4-2-3-5-10(9)13/h2-5,11-12,14,16H,6-8H2,1H3. The second kappa shape index (κ2) is 5.15. The lowest BCUT2D eigenvalue weighted by Crippen LogP contribution is -2.40. The maximum absolute atomic E-state index is 9.77. The molecule has 1 fully saturated rings. The Morgan fingerprint density at radius 1 is 1.44 bits per heavy atom. The molecule has 2 atom stereocenters. The highest BCUT2D eigenvalue weighted by Gasteiger charge is 2.28. The van der Waals surface area contributed by atoms with Gasteiger partial charge in [-0.3, -0.25) is 4.90 Å². The predicted octanol–water partition coefficient (Wildman–Crippen LogP) is 1.10. The fraction of sp³-hybridized carbons (Fsp3) is 0.500. The maximum Gasteiger partial charge on any atom is 0.0831 e. The highest BCUT2D eigenvalue weighted by molar-refractivity contribution is 6.31. The average molecular weight is 241 g/mol. The lowest BCUT2D eigenvalue weighted by molar-refractivity contribution is 0.0956. The number of nitrogens with zero attached hydrogens (tertiary/aromatic N) is 1. The fourth-order valence-electron chi connectivity index (χ4n) is 2.11. The van der Waals surface area contributed by atoms with Crippen LogP contribution >= 0.6 is 11.6 Å². The zero-order valence-electron chi connectivity index (χ0n) is 9.36. The number of aliphatic hydroxyl groups excluding tert-OH is 1. The number of aliphatic hydroxyl groups is 1. The summed E-state index contributed by atoms with van der Waals surface area (Å²) < 4.78 is 0. The Morgan fingerprint density at radius 2 is 2.19 bits per heavy atom. The van der Waals surface area contributed by atoms with Gasteiger partial charge in [0.1, 0.15) is 0 Å². The van der Waals surface area contributed by atoms with E-state index >= 15 is 0 Å². The Morgan fingerprint density at radius 3 is 2.81 bits per heavy atom. The van der Waals surface area contributed by atoms with E-state index in [0.717, 1.165) is 23.7 Å². The van der Waals surface area contributed by atoms with E-state index in [1.54, 1.807) is 0 Å². The second-order valence-corrected chi connectivity index (χ2v) is 4.71. The number of likely N-dealkylation sites (N-methyl/N-ethyl adjacent to an activating group) is 1. The monoisotopic (exact) mass is 240 g/mol. The third kappa shape index (κ3) is 2.55. The predicted molar refractivity (Wildman–Crippen MR) is 65.6 cm³/mol. The Bertz CT molecular complexity index is 359. The average Bonchev–Trinajstić information content (AvgIpc) is 2.68. The van der Waals surface area contributed by atoms with E-state index < -0.39 is 0 Å². The molecule has 2 unspecified atom stereocenters. The molecule has 0 bridgehead atoms. The Hall–Kier alpha value is -0.610. The van der Waals surface area contributed by atoms with E-state index in [0.29, 0.717) is 6.54 Å². The van der Waals surface area contributed by atoms with E-state index in [4.69, 9.17) is 11.6 Å². The number of hydrogen-bond acceptors (Lipinski definition) is 3. The van der Waals surface area contributed by atoms with E-state index in [9.17, 15) is 5.11 Å². The van der Waals surface area contributed by atoms with Gasteiger partial charge >= 0.3 is 0 Å². The number of rotatable bonds is 3. The molecule has 2 N–H and O–H groups in total. The molecule has 0 radical (unpaired) electrons. The zero-order valence-corrected chi connectivity index (χ0v) is 10.1. The molecule has 0 aromatic heterocycles. The van der Waals surface area contributed by atoms with Crippen molar-refractivity contribution in [2.75, 3.05) is 20.1 Å². The van der Waals surface area contributed by atoms with Crippen molar-refractivity contribution >= 4 is 11.6 Å². The van der Waals surface area contributed by atoms with E-state index in [1.807, 2.05) is 31.3 Å². The van der Waals surface area contributed by atoms with Gasteiger partial charge in [-0.2, -0.15) is 0 Å². The van der Waals surface area contributed by atoms with Crippen LogP contribution in [0, 0.1) is 0 Å². The van der Waals surface area contributed by atoms with Gasteiger partial charge in [0, 0.05) is 30.7 Å². The quantitative estimate of drug-likeness (QED) is 0.831. The molecular formula is C12H17ClN2O. The molecule has 1 saturated heterocycles. The van der Waals surface area contributed by atoms with Crippen molar-refractivity contribution in [3.8, 4) is 0 Å². The number of halogens is 1. The lowest BCUT2D eigenvalue weighted by Gasteiger charge is -2.26. The van der Waals surface area contributed by atoms with Crippen LogP contribution in [0.1, 0.15) is 5.56 Å². The van der Waals surface area contributed by atoms with Gasteiger partial charge in [-0.25, -0.2) is 0 Å². The van der Waals surface area contributed by atoms with Crippen molar-refractivity contribution < 1.29 is 5.11 Å². The van der Waals surface area contributed by atoms with Crippen LogP contribution < -0.4 is 5.32 Å². The van der Waals surface area contributed by atoms with Crippen LogP contribution in [-0.4, -0.2) is 42.3 Å². The Kier molecular flexibility index (Phi) is 3.82. The highest BCUT2D eigenvalue weighted by Crippen LogP contribution is 2.18. The first-order valence-corrected chi connectivity index (χ1v) is 5.88. The number of benzene rings is 1. The van der Waals surface area contributed by atoms with Crippen molar-refractivity contribution in [1.29, 1.82) is 0 Å². The molecule has 0 spiro atoms. The summed E-state index contributed by atoms with van der Waals surface area (Å²) in [4.78, 5) is 2.14. The minimum Gasteiger partial charge on any atom is -0.390 e. The zero-order chi connectivity index (χ0) is 11.5. The molecule has 1 aromatic carbocycles. The van der Waals surface area contributed by atoms with Gasteiger partial charge in [0.15, 0.2) is 0 Å². The number of hydrogen-bond donors (Lipinski definition) is 2. The van der Waals surface area contributed by atoms with Crippen LogP contribution in [0.3, 0.4) is 0 Å². The van der Waals surface area contributed by atoms with Gasteiger partial charge in [0.25, 0.3) is 0 Å². The van der Waals surface area contributed by atoms with Gasteiger partial charge < -0.3 is 10.4 Å². The van der Waals surface area contributed by atoms with Gasteiger partial charge in [0.2, 0.25) is 0 Å². The third-order valence-electron chi connectivity index (χ3n) is 3.09. The third-order valence-corrected chi connectivity index (χ3v) is 3.46. The summed E-state index contributed by atoms with van der Waals surface area (Å²) in [7, 11) is 2.02. The minimum absolute atomic E-state index is 0.177. The van der Waals surface area contributed by atoms with Crippen molar-refractivity contribution in [2.45, 2.75) is 18.7 Å². The minimum atomic E-state index is -0.285. The summed E-state index contributed by atoms with van der Waals surface area (Å²) in [6, 6.07) is 8.01. The van der Waals surface area contributed by atoms with Crippen molar-refractivity contribution in [3.05, 3.63) is 34.9 Å². The summed E-state index contributed by atoms with van der Waals surface area (Å²) in [5.74, 6) is 0. The molecule has 0 saturated carbocycles. The van der Waals surface area contributed by atoms with Gasteiger partial charge in [-0.15, -0.1) is 0 Å². The maximum atomic E-state index is 9.77. The van der Waals surface area contributed by atoms with Crippen LogP contribution in [0.2, 0.25) is 5.02 Å². The Balaban J connectivity index is 2.02. The molecule has 1 aromatic rings. The number of β-amino-alcohol motifs (C(OH)–C–C–N with tert-alkyl or cyclic N) is 1. The first-order chi connectivity index (χ1) is 7.68. The van der Waals surface area contributed by atoms with Crippen LogP contribution in [0.4, 0.5) is 0 Å². The van der Waals surface area contributed by atoms with E-state index in [1.165, 1.54) is 0 Å². The van der Waals surface area contributed by atoms with Gasteiger partial charge in [0.05, 0.1) is 6.10 Å². The van der Waals surface area contributed by atoms with Gasteiger partial charge in [-0.1, -0.05) is 29.8 Å². The summed E-state index contributed by atoms with van der Waals surface area (Å²) in [6.45, 7) is 2.28. The van der Waals surface area contributed by atoms with Crippen LogP contribution in [0.25, 0.3) is 0 Å². The first kappa shape index (κ1) is 11.9. The van der Waals surface area contributed by atoms with Gasteiger partial charge in [-0.05, 0) is 18.7 Å². The molecule has 3 nitrogen and oxygen atoms in total. The SMILES string of the molecule is CN(Cc1ccccc1Cl)C1CNCC1O. The smallest absolute Gasteiger partial charge is 0.0831 e. The molecule has 1 aliphatic heterocycles. The fourth-order valence-corrected chi connectivity index (χ4v) is 2.31. The molecule has 2 rings (SSSR count). The van der Waals surface area contributed by atoms with Crippen molar-refractivity contribution in [3.63, 3.8) is 0 Å². The normalized spacial score (nSPS) is 25.2. The lowest BCUT2D eigenvalue weighted by atomic mass is 10.1. The molecule has 0 amide bonds. The summed E-state index contributed by atoms with van der Waals surface area (Å²) in [5.41, 5.74) is 1.10. The largest absolute Gasteiger partial charge is 0.390 e. The van der Waals surface area contributed by atoms with E-state index in [-0.39, 0.29) is 12.1 Å². The van der Waals surface area contributed by atoms with E-state index in [2.05, 4.69) is 10.2 Å². The number of nitrogens with one attached hydrogen (secondary N) is 1. The second-order valence-electron chi connectivity index (χ2n) is 4.30. The van der Waals surface area contributed by atoms with Crippen LogP contribution in [-0.2, 0) is 6.54 Å². The molecular weight excluding hydrogens is 224 g/mol. The summed E-state index contributed by atoms with van der Waals surface area (Å²) >= 11 is 6.11. The van der Waals surface area contributed by atoms with Crippen molar-refractivity contribution in [2.24, 2.45) is 0 Å². The van der Waals surface area contributed by atoms with Crippen LogP contribution in [0.15, 0.2) is 24.3 Å². The molecule has 0 aliphatic carbocycles. The highest BCUT2D eigenvalue weighted by atomic mass is 35.5. The topological polar surface area (TPSA) is 35.5 Å². The molecule has 1 aliphatic rings. The summed E-state index contributed by atoms with van der Waals surface area (Å²) in [6.07, 6.45) is -0.285. The molecule has 16 heavy (non-hydrogen) atoms. The van der Waals surface area contributed by atoms with Crippen LogP contribution in [0.5, 0.6) is 0 Å². The summed E-state index contributed by atoms with van der Waals surface area (Å²) in [5, 5.41) is 13.7. The Labute approximate surface area is 101 Å². The van der Waals surface area contributed by atoms with Crippen molar-refractivity contribution in [1.82, 2.24) is 10.2 Å². The first-order valence-electron chi connectivity index (χ1n) is 5.51.